The van der Waals surface area contributed by atoms with Gasteiger partial charge in [0.1, 0.15) is 0 Å². The highest BCUT2D eigenvalue weighted by molar-refractivity contribution is 5.17. The number of imidazole rings is 1. The van der Waals surface area contributed by atoms with Crippen LogP contribution >= 0.6 is 0 Å². The lowest BCUT2D eigenvalue weighted by molar-refractivity contribution is 0.611. The topological polar surface area (TPSA) is 29.9 Å². The van der Waals surface area contributed by atoms with Crippen LogP contribution in [-0.2, 0) is 6.54 Å². The van der Waals surface area contributed by atoms with Crippen molar-refractivity contribution in [1.29, 1.82) is 0 Å². The molecule has 2 unspecified atom stereocenters. The van der Waals surface area contributed by atoms with E-state index in [1.807, 2.05) is 12.5 Å². The second kappa shape index (κ2) is 3.63. The molecule has 0 amide bonds. The van der Waals surface area contributed by atoms with Gasteiger partial charge in [0.15, 0.2) is 0 Å². The van der Waals surface area contributed by atoms with Crippen molar-refractivity contribution in [3.63, 3.8) is 0 Å². The molecule has 0 radical (unpaired) electrons. The SMILES string of the molecule is CCn1cncc1C1CC1CNC1CC1. The van der Waals surface area contributed by atoms with Crippen LogP contribution in [-0.4, -0.2) is 22.1 Å². The van der Waals surface area contributed by atoms with Crippen molar-refractivity contribution in [3.05, 3.63) is 18.2 Å². The molecule has 1 heterocycles. The molecule has 0 aromatic carbocycles. The molecule has 3 nitrogen and oxygen atoms in total. The maximum Gasteiger partial charge on any atom is 0.0948 e. The molecule has 2 atom stereocenters. The van der Waals surface area contributed by atoms with E-state index in [-0.39, 0.29) is 0 Å². The van der Waals surface area contributed by atoms with Crippen LogP contribution in [0.3, 0.4) is 0 Å². The van der Waals surface area contributed by atoms with Crippen molar-refractivity contribution in [3.8, 4) is 0 Å². The summed E-state index contributed by atoms with van der Waals surface area (Å²) < 4.78 is 2.28. The van der Waals surface area contributed by atoms with Crippen LogP contribution < -0.4 is 5.32 Å². The maximum absolute atomic E-state index is 4.24. The van der Waals surface area contributed by atoms with Crippen LogP contribution in [0.25, 0.3) is 0 Å². The number of nitrogens with zero attached hydrogens (tertiary/aromatic N) is 2. The van der Waals surface area contributed by atoms with E-state index in [2.05, 4.69) is 21.8 Å². The minimum atomic E-state index is 0.777. The molecule has 0 spiro atoms. The smallest absolute Gasteiger partial charge is 0.0948 e. The Bertz CT molecular complexity index is 340. The van der Waals surface area contributed by atoms with Gasteiger partial charge in [-0.25, -0.2) is 4.98 Å². The fourth-order valence-corrected chi connectivity index (χ4v) is 2.34. The lowest BCUT2D eigenvalue weighted by atomic mass is 10.2. The number of nitrogens with one attached hydrogen (secondary N) is 1. The fourth-order valence-electron chi connectivity index (χ4n) is 2.34. The summed E-state index contributed by atoms with van der Waals surface area (Å²) in [7, 11) is 0. The van der Waals surface area contributed by atoms with Gasteiger partial charge in [-0.05, 0) is 38.6 Å². The van der Waals surface area contributed by atoms with E-state index in [1.165, 1.54) is 31.5 Å². The van der Waals surface area contributed by atoms with E-state index in [9.17, 15) is 0 Å². The van der Waals surface area contributed by atoms with Crippen LogP contribution in [0.5, 0.6) is 0 Å². The fraction of sp³-hybridized carbons (Fsp3) is 0.750. The molecule has 0 saturated heterocycles. The first-order valence-electron chi connectivity index (χ1n) is 6.12. The molecule has 15 heavy (non-hydrogen) atoms. The lowest BCUT2D eigenvalue weighted by Gasteiger charge is -2.04. The highest BCUT2D eigenvalue weighted by atomic mass is 15.1. The Kier molecular flexibility index (Phi) is 2.28. The zero-order valence-corrected chi connectivity index (χ0v) is 9.32. The molecule has 3 heteroatoms. The highest BCUT2D eigenvalue weighted by Gasteiger charge is 2.40. The number of aromatic nitrogens is 2. The number of hydrogen-bond acceptors (Lipinski definition) is 2. The van der Waals surface area contributed by atoms with Gasteiger partial charge in [0.05, 0.1) is 6.33 Å². The predicted octanol–water partition coefficient (Wildman–Crippen LogP) is 1.76. The van der Waals surface area contributed by atoms with Gasteiger partial charge in [-0.1, -0.05) is 0 Å². The second-order valence-corrected chi connectivity index (χ2v) is 4.89. The predicted molar refractivity (Wildman–Crippen MR) is 59.8 cm³/mol. The third-order valence-corrected chi connectivity index (χ3v) is 3.63. The summed E-state index contributed by atoms with van der Waals surface area (Å²) in [5.41, 5.74) is 1.44. The van der Waals surface area contributed by atoms with Crippen LogP contribution in [0.2, 0.25) is 0 Å². The Morgan fingerprint density at radius 3 is 3.13 bits per heavy atom. The Balaban J connectivity index is 1.56. The maximum atomic E-state index is 4.24. The van der Waals surface area contributed by atoms with E-state index >= 15 is 0 Å². The average molecular weight is 205 g/mol. The Hall–Kier alpha value is -0.830. The van der Waals surface area contributed by atoms with Gasteiger partial charge in [0.2, 0.25) is 0 Å². The molecule has 2 saturated carbocycles. The van der Waals surface area contributed by atoms with E-state index in [4.69, 9.17) is 0 Å². The Labute approximate surface area is 90.9 Å². The molecule has 2 fully saturated rings. The molecule has 82 valence electrons. The van der Waals surface area contributed by atoms with Gasteiger partial charge in [-0.3, -0.25) is 0 Å². The standard InChI is InChI=1S/C12H19N3/c1-2-15-8-13-7-12(15)11-5-9(11)6-14-10-3-4-10/h7-11,14H,2-6H2,1H3. The molecule has 3 rings (SSSR count). The molecule has 1 N–H and O–H groups in total. The Morgan fingerprint density at radius 2 is 2.40 bits per heavy atom. The lowest BCUT2D eigenvalue weighted by Crippen LogP contribution is -2.19. The third kappa shape index (κ3) is 1.93. The van der Waals surface area contributed by atoms with E-state index in [0.29, 0.717) is 0 Å². The minimum absolute atomic E-state index is 0.777. The summed E-state index contributed by atoms with van der Waals surface area (Å²) in [6, 6.07) is 0.849. The Morgan fingerprint density at radius 1 is 1.53 bits per heavy atom. The van der Waals surface area contributed by atoms with Crippen molar-refractivity contribution in [2.24, 2.45) is 5.92 Å². The van der Waals surface area contributed by atoms with Crippen LogP contribution in [0, 0.1) is 5.92 Å². The zero-order chi connectivity index (χ0) is 10.3. The van der Waals surface area contributed by atoms with Crippen LogP contribution in [0.15, 0.2) is 12.5 Å². The van der Waals surface area contributed by atoms with Gasteiger partial charge < -0.3 is 9.88 Å². The molecule has 1 aromatic rings. The first kappa shape index (κ1) is 9.40. The number of aryl methyl sites for hydroxylation is 1. The van der Waals surface area contributed by atoms with E-state index in [1.54, 1.807) is 0 Å². The molecular weight excluding hydrogens is 186 g/mol. The summed E-state index contributed by atoms with van der Waals surface area (Å²) in [6.45, 7) is 4.45. The zero-order valence-electron chi connectivity index (χ0n) is 9.32. The molecule has 0 bridgehead atoms. The molecule has 0 aliphatic heterocycles. The van der Waals surface area contributed by atoms with Crippen molar-refractivity contribution in [2.75, 3.05) is 6.54 Å². The first-order chi connectivity index (χ1) is 7.38. The summed E-state index contributed by atoms with van der Waals surface area (Å²) in [6.07, 6.45) is 8.14. The van der Waals surface area contributed by atoms with Crippen LogP contribution in [0.4, 0.5) is 0 Å². The summed E-state index contributed by atoms with van der Waals surface area (Å²) >= 11 is 0. The van der Waals surface area contributed by atoms with Crippen molar-refractivity contribution in [2.45, 2.75) is 44.7 Å². The van der Waals surface area contributed by atoms with Crippen molar-refractivity contribution >= 4 is 0 Å². The third-order valence-electron chi connectivity index (χ3n) is 3.63. The minimum Gasteiger partial charge on any atom is -0.335 e. The van der Waals surface area contributed by atoms with Crippen molar-refractivity contribution in [1.82, 2.24) is 14.9 Å². The summed E-state index contributed by atoms with van der Waals surface area (Å²) in [5.74, 6) is 1.64. The molecule has 2 aliphatic carbocycles. The van der Waals surface area contributed by atoms with Gasteiger partial charge in [0.25, 0.3) is 0 Å². The number of hydrogen-bond donors (Lipinski definition) is 1. The number of rotatable bonds is 5. The normalized spacial score (nSPS) is 29.4. The van der Waals surface area contributed by atoms with E-state index < -0.39 is 0 Å². The van der Waals surface area contributed by atoms with Crippen LogP contribution in [0.1, 0.15) is 37.8 Å². The molecular formula is C12H19N3. The van der Waals surface area contributed by atoms with Gasteiger partial charge >= 0.3 is 0 Å². The molecule has 1 aromatic heterocycles. The summed E-state index contributed by atoms with van der Waals surface area (Å²) in [4.78, 5) is 4.24. The van der Waals surface area contributed by atoms with Gasteiger partial charge in [-0.2, -0.15) is 0 Å². The van der Waals surface area contributed by atoms with Gasteiger partial charge in [0, 0.05) is 30.4 Å². The molecule has 2 aliphatic rings. The largest absolute Gasteiger partial charge is 0.335 e. The second-order valence-electron chi connectivity index (χ2n) is 4.89. The van der Waals surface area contributed by atoms with Crippen molar-refractivity contribution < 1.29 is 0 Å². The average Bonchev–Trinajstić information content (AvgIpc) is 3.15. The summed E-state index contributed by atoms with van der Waals surface area (Å²) in [5, 5.41) is 3.62. The quantitative estimate of drug-likeness (QED) is 0.793. The van der Waals surface area contributed by atoms with E-state index in [0.717, 1.165) is 24.4 Å². The first-order valence-corrected chi connectivity index (χ1v) is 6.12. The highest BCUT2D eigenvalue weighted by Crippen LogP contribution is 2.47. The monoisotopic (exact) mass is 205 g/mol. The van der Waals surface area contributed by atoms with Gasteiger partial charge in [-0.15, -0.1) is 0 Å².